The molecule has 2 atom stereocenters. The highest BCUT2D eigenvalue weighted by Crippen LogP contribution is 2.28. The first kappa shape index (κ1) is 22.6. The van der Waals surface area contributed by atoms with E-state index in [4.69, 9.17) is 9.15 Å². The van der Waals surface area contributed by atoms with Crippen LogP contribution in [0.4, 0.5) is 5.69 Å². The van der Waals surface area contributed by atoms with E-state index in [0.29, 0.717) is 23.1 Å². The van der Waals surface area contributed by atoms with E-state index in [0.717, 1.165) is 35.3 Å². The maximum atomic E-state index is 12.6. The number of benzene rings is 3. The van der Waals surface area contributed by atoms with E-state index in [-0.39, 0.29) is 12.0 Å². The van der Waals surface area contributed by atoms with E-state index in [2.05, 4.69) is 43.2 Å². The zero-order valence-corrected chi connectivity index (χ0v) is 19.6. The fourth-order valence-electron chi connectivity index (χ4n) is 3.51. The lowest BCUT2D eigenvalue weighted by atomic mass is 9.98. The number of ether oxygens (including phenoxy) is 1. The molecule has 2 unspecified atom stereocenters. The smallest absolute Gasteiger partial charge is 0.255 e. The molecule has 0 saturated heterocycles. The number of carbonyl (C=O) groups is 1. The Morgan fingerprint density at radius 2 is 1.70 bits per heavy atom. The molecule has 1 heterocycles. The maximum absolute atomic E-state index is 12.6. The molecule has 0 spiro atoms. The number of fused-ring (bicyclic) bond motifs is 1. The minimum atomic E-state index is -0.169. The molecule has 1 aromatic heterocycles. The fourth-order valence-corrected chi connectivity index (χ4v) is 3.51. The number of nitrogens with one attached hydrogen (secondary N) is 1. The second-order valence-electron chi connectivity index (χ2n) is 8.45. The van der Waals surface area contributed by atoms with E-state index in [1.165, 1.54) is 5.56 Å². The van der Waals surface area contributed by atoms with Gasteiger partial charge in [0.25, 0.3) is 5.91 Å². The Labute approximate surface area is 194 Å². The average molecular weight is 443 g/mol. The molecule has 1 amide bonds. The topological polar surface area (TPSA) is 64.4 Å². The van der Waals surface area contributed by atoms with Crippen LogP contribution in [0.5, 0.6) is 5.75 Å². The molecule has 0 fully saturated rings. The number of hydrogen-bond acceptors (Lipinski definition) is 4. The number of amides is 1. The molecule has 170 valence electrons. The van der Waals surface area contributed by atoms with Gasteiger partial charge in [0.15, 0.2) is 5.58 Å². The van der Waals surface area contributed by atoms with Crippen LogP contribution in [0.15, 0.2) is 71.1 Å². The van der Waals surface area contributed by atoms with E-state index in [9.17, 15) is 4.79 Å². The van der Waals surface area contributed by atoms with Crippen molar-refractivity contribution in [1.29, 1.82) is 0 Å². The van der Waals surface area contributed by atoms with Crippen LogP contribution in [-0.4, -0.2) is 17.0 Å². The fraction of sp³-hybridized carbons (Fsp3) is 0.286. The van der Waals surface area contributed by atoms with Crippen LogP contribution in [0.2, 0.25) is 0 Å². The van der Waals surface area contributed by atoms with Gasteiger partial charge < -0.3 is 14.5 Å². The van der Waals surface area contributed by atoms with Gasteiger partial charge in [-0.25, -0.2) is 4.98 Å². The van der Waals surface area contributed by atoms with Crippen molar-refractivity contribution in [2.45, 2.75) is 52.6 Å². The number of carbonyl (C=O) groups excluding carboxylic acids is 1. The van der Waals surface area contributed by atoms with Crippen molar-refractivity contribution in [3.05, 3.63) is 77.9 Å². The normalized spacial score (nSPS) is 13.0. The van der Waals surface area contributed by atoms with Crippen molar-refractivity contribution in [2.75, 3.05) is 5.32 Å². The van der Waals surface area contributed by atoms with E-state index in [1.807, 2.05) is 49.4 Å². The molecule has 0 aliphatic heterocycles. The van der Waals surface area contributed by atoms with Crippen molar-refractivity contribution >= 4 is 22.7 Å². The third-order valence-electron chi connectivity index (χ3n) is 6.01. The van der Waals surface area contributed by atoms with Gasteiger partial charge in [-0.3, -0.25) is 4.79 Å². The summed E-state index contributed by atoms with van der Waals surface area (Å²) in [4.78, 5) is 17.3. The molecule has 5 nitrogen and oxygen atoms in total. The van der Waals surface area contributed by atoms with Crippen LogP contribution in [0.1, 0.15) is 62.4 Å². The maximum Gasteiger partial charge on any atom is 0.255 e. The SMILES string of the molecule is CCC(C)Oc1ccc(C(=O)Nc2ccc(-c3nc4cc(C(C)CC)ccc4o3)cc2)cc1. The lowest BCUT2D eigenvalue weighted by Gasteiger charge is -2.12. The highest BCUT2D eigenvalue weighted by Gasteiger charge is 2.12. The van der Waals surface area contributed by atoms with Crippen molar-refractivity contribution < 1.29 is 13.9 Å². The lowest BCUT2D eigenvalue weighted by molar-refractivity contribution is 0.102. The number of anilines is 1. The first-order valence-corrected chi connectivity index (χ1v) is 11.6. The zero-order chi connectivity index (χ0) is 23.4. The number of oxazole rings is 1. The third-order valence-corrected chi connectivity index (χ3v) is 6.01. The number of nitrogens with zero attached hydrogens (tertiary/aromatic N) is 1. The van der Waals surface area contributed by atoms with Crippen molar-refractivity contribution in [3.63, 3.8) is 0 Å². The minimum Gasteiger partial charge on any atom is -0.491 e. The van der Waals surface area contributed by atoms with Crippen molar-refractivity contribution in [1.82, 2.24) is 4.98 Å². The van der Waals surface area contributed by atoms with Gasteiger partial charge in [0, 0.05) is 16.8 Å². The highest BCUT2D eigenvalue weighted by atomic mass is 16.5. The van der Waals surface area contributed by atoms with Crippen LogP contribution >= 0.6 is 0 Å². The monoisotopic (exact) mass is 442 g/mol. The molecule has 4 rings (SSSR count). The van der Waals surface area contributed by atoms with Crippen molar-refractivity contribution in [2.24, 2.45) is 0 Å². The summed E-state index contributed by atoms with van der Waals surface area (Å²) in [5.74, 6) is 1.65. The van der Waals surface area contributed by atoms with Crippen LogP contribution in [0, 0.1) is 0 Å². The summed E-state index contributed by atoms with van der Waals surface area (Å²) < 4.78 is 11.7. The van der Waals surface area contributed by atoms with Gasteiger partial charge in [0.1, 0.15) is 11.3 Å². The van der Waals surface area contributed by atoms with Gasteiger partial charge in [0.05, 0.1) is 6.10 Å². The lowest BCUT2D eigenvalue weighted by Crippen LogP contribution is -2.12. The predicted molar refractivity (Wildman–Crippen MR) is 133 cm³/mol. The Hall–Kier alpha value is -3.60. The number of rotatable bonds is 8. The molecular formula is C28H30N2O3. The predicted octanol–water partition coefficient (Wildman–Crippen LogP) is 7.44. The summed E-state index contributed by atoms with van der Waals surface area (Å²) in [6, 6.07) is 20.9. The molecular weight excluding hydrogens is 412 g/mol. The Kier molecular flexibility index (Phi) is 6.78. The summed E-state index contributed by atoms with van der Waals surface area (Å²) in [5.41, 5.74) is 5.05. The molecule has 0 bridgehead atoms. The summed E-state index contributed by atoms with van der Waals surface area (Å²) in [6.45, 7) is 8.49. The number of hydrogen-bond donors (Lipinski definition) is 1. The Balaban J connectivity index is 1.44. The third kappa shape index (κ3) is 5.25. The average Bonchev–Trinajstić information content (AvgIpc) is 3.27. The van der Waals surface area contributed by atoms with Crippen LogP contribution in [0.3, 0.4) is 0 Å². The van der Waals surface area contributed by atoms with Gasteiger partial charge >= 0.3 is 0 Å². The van der Waals surface area contributed by atoms with Crippen molar-refractivity contribution in [3.8, 4) is 17.2 Å². The van der Waals surface area contributed by atoms with Crippen LogP contribution < -0.4 is 10.1 Å². The molecule has 3 aromatic carbocycles. The van der Waals surface area contributed by atoms with E-state index < -0.39 is 0 Å². The highest BCUT2D eigenvalue weighted by molar-refractivity contribution is 6.04. The Morgan fingerprint density at radius 3 is 2.36 bits per heavy atom. The van der Waals surface area contributed by atoms with Gasteiger partial charge in [-0.1, -0.05) is 26.8 Å². The van der Waals surface area contributed by atoms with Gasteiger partial charge in [-0.05, 0) is 91.9 Å². The van der Waals surface area contributed by atoms with E-state index >= 15 is 0 Å². The molecule has 0 radical (unpaired) electrons. The molecule has 0 aliphatic rings. The molecule has 1 N–H and O–H groups in total. The summed E-state index contributed by atoms with van der Waals surface area (Å²) in [6.07, 6.45) is 2.16. The second kappa shape index (κ2) is 9.90. The van der Waals surface area contributed by atoms with Gasteiger partial charge in [-0.2, -0.15) is 0 Å². The first-order chi connectivity index (χ1) is 16.0. The van der Waals surface area contributed by atoms with Gasteiger partial charge in [0.2, 0.25) is 5.89 Å². The Bertz CT molecular complexity index is 1230. The molecule has 0 aliphatic carbocycles. The Morgan fingerprint density at radius 1 is 0.970 bits per heavy atom. The molecule has 4 aromatic rings. The van der Waals surface area contributed by atoms with Crippen LogP contribution in [-0.2, 0) is 0 Å². The molecule has 5 heteroatoms. The minimum absolute atomic E-state index is 0.145. The summed E-state index contributed by atoms with van der Waals surface area (Å²) in [7, 11) is 0. The summed E-state index contributed by atoms with van der Waals surface area (Å²) in [5, 5.41) is 2.93. The zero-order valence-electron chi connectivity index (χ0n) is 19.6. The molecule has 0 saturated carbocycles. The van der Waals surface area contributed by atoms with Gasteiger partial charge in [-0.15, -0.1) is 0 Å². The number of aromatic nitrogens is 1. The largest absolute Gasteiger partial charge is 0.491 e. The van der Waals surface area contributed by atoms with Crippen LogP contribution in [0.25, 0.3) is 22.6 Å². The summed E-state index contributed by atoms with van der Waals surface area (Å²) >= 11 is 0. The quantitative estimate of drug-likeness (QED) is 0.308. The second-order valence-corrected chi connectivity index (χ2v) is 8.45. The van der Waals surface area contributed by atoms with E-state index in [1.54, 1.807) is 12.1 Å². The first-order valence-electron chi connectivity index (χ1n) is 11.6. The molecule has 33 heavy (non-hydrogen) atoms. The standard InChI is InChI=1S/C28H30N2O3/c1-5-18(3)22-11-16-26-25(17-22)30-28(33-26)21-7-12-23(13-8-21)29-27(31)20-9-14-24(15-10-20)32-19(4)6-2/h7-19H,5-6H2,1-4H3,(H,29,31).